The van der Waals surface area contributed by atoms with Crippen molar-refractivity contribution in [3.63, 3.8) is 0 Å². The molecule has 0 amide bonds. The zero-order valence-electron chi connectivity index (χ0n) is 8.13. The molecule has 1 heterocycles. The summed E-state index contributed by atoms with van der Waals surface area (Å²) in [5.74, 6) is 0. The predicted molar refractivity (Wildman–Crippen MR) is 61.3 cm³/mol. The van der Waals surface area contributed by atoms with Gasteiger partial charge < -0.3 is 0 Å². The smallest absolute Gasteiger partial charge is 0.258 e. The van der Waals surface area contributed by atoms with Crippen LogP contribution in [0.25, 0.3) is 11.3 Å². The Morgan fingerprint density at radius 3 is 2.62 bits per heavy atom. The Kier molecular flexibility index (Phi) is 2.83. The van der Waals surface area contributed by atoms with Crippen LogP contribution < -0.4 is 0 Å². The van der Waals surface area contributed by atoms with E-state index in [1.807, 2.05) is 0 Å². The van der Waals surface area contributed by atoms with Gasteiger partial charge in [0, 0.05) is 17.7 Å². The molecule has 0 spiro atoms. The highest BCUT2D eigenvalue weighted by Gasteiger charge is 2.07. The predicted octanol–water partition coefficient (Wildman–Crippen LogP) is 3.31. The van der Waals surface area contributed by atoms with E-state index < -0.39 is 4.92 Å². The number of nitro benzene ring substituents is 1. The summed E-state index contributed by atoms with van der Waals surface area (Å²) in [6.45, 7) is 0. The van der Waals surface area contributed by atoms with E-state index in [1.54, 1.807) is 30.3 Å². The first-order chi connectivity index (χ1) is 7.66. The van der Waals surface area contributed by atoms with Crippen LogP contribution in [0, 0.1) is 10.1 Å². The molecule has 2 rings (SSSR count). The molecular formula is C11H7ClN2O2. The number of benzene rings is 1. The normalized spacial score (nSPS) is 10.1. The van der Waals surface area contributed by atoms with E-state index in [1.165, 1.54) is 12.1 Å². The quantitative estimate of drug-likeness (QED) is 0.455. The van der Waals surface area contributed by atoms with Crippen LogP contribution >= 0.6 is 11.6 Å². The molecule has 2 aromatic rings. The number of nitro groups is 1. The van der Waals surface area contributed by atoms with Crippen LogP contribution in [0.15, 0.2) is 42.5 Å². The summed E-state index contributed by atoms with van der Waals surface area (Å²) in [5, 5.41) is 11.0. The standard InChI is InChI=1S/C11H7ClN2O2/c12-11-6-2-5-10(13-11)8-3-1-4-9(7-8)14(15)16/h1-7H. The molecule has 80 valence electrons. The maximum absolute atomic E-state index is 10.6. The van der Waals surface area contributed by atoms with Crippen molar-refractivity contribution in [3.05, 3.63) is 57.7 Å². The van der Waals surface area contributed by atoms with Gasteiger partial charge in [-0.25, -0.2) is 4.98 Å². The van der Waals surface area contributed by atoms with Crippen molar-refractivity contribution in [2.75, 3.05) is 0 Å². The van der Waals surface area contributed by atoms with E-state index >= 15 is 0 Å². The minimum atomic E-state index is -0.436. The molecule has 0 N–H and O–H groups in total. The Morgan fingerprint density at radius 1 is 1.19 bits per heavy atom. The van der Waals surface area contributed by atoms with Gasteiger partial charge in [-0.3, -0.25) is 10.1 Å². The summed E-state index contributed by atoms with van der Waals surface area (Å²) < 4.78 is 0. The second-order valence-electron chi connectivity index (χ2n) is 3.15. The summed E-state index contributed by atoms with van der Waals surface area (Å²) in [6, 6.07) is 11.4. The van der Waals surface area contributed by atoms with E-state index in [9.17, 15) is 10.1 Å². The van der Waals surface area contributed by atoms with E-state index in [0.29, 0.717) is 16.4 Å². The molecule has 0 radical (unpaired) electrons. The molecule has 0 aliphatic rings. The lowest BCUT2D eigenvalue weighted by molar-refractivity contribution is -0.384. The molecule has 16 heavy (non-hydrogen) atoms. The van der Waals surface area contributed by atoms with Crippen molar-refractivity contribution >= 4 is 17.3 Å². The van der Waals surface area contributed by atoms with Crippen molar-refractivity contribution in [3.8, 4) is 11.3 Å². The molecule has 0 bridgehead atoms. The highest BCUT2D eigenvalue weighted by Crippen LogP contribution is 2.23. The van der Waals surface area contributed by atoms with Crippen LogP contribution in [0.1, 0.15) is 0 Å². The van der Waals surface area contributed by atoms with Gasteiger partial charge in [-0.15, -0.1) is 0 Å². The Hall–Kier alpha value is -1.94. The number of nitrogens with zero attached hydrogens (tertiary/aromatic N) is 2. The molecule has 0 saturated heterocycles. The van der Waals surface area contributed by atoms with Crippen LogP contribution in [0.2, 0.25) is 5.15 Å². The minimum absolute atomic E-state index is 0.0410. The highest BCUT2D eigenvalue weighted by atomic mass is 35.5. The van der Waals surface area contributed by atoms with Gasteiger partial charge >= 0.3 is 0 Å². The minimum Gasteiger partial charge on any atom is -0.258 e. The third-order valence-electron chi connectivity index (χ3n) is 2.07. The maximum Gasteiger partial charge on any atom is 0.270 e. The van der Waals surface area contributed by atoms with Gasteiger partial charge in [0.25, 0.3) is 5.69 Å². The average molecular weight is 235 g/mol. The molecule has 1 aromatic carbocycles. The average Bonchev–Trinajstić information content (AvgIpc) is 2.29. The zero-order chi connectivity index (χ0) is 11.5. The molecule has 0 atom stereocenters. The second kappa shape index (κ2) is 4.28. The van der Waals surface area contributed by atoms with Crippen molar-refractivity contribution in [2.24, 2.45) is 0 Å². The fraction of sp³-hybridized carbons (Fsp3) is 0. The van der Waals surface area contributed by atoms with Crippen LogP contribution in [0.4, 0.5) is 5.69 Å². The number of halogens is 1. The third kappa shape index (κ3) is 2.17. The molecular weight excluding hydrogens is 228 g/mol. The summed E-state index contributed by atoms with van der Waals surface area (Å²) in [7, 11) is 0. The SMILES string of the molecule is O=[N+]([O-])c1cccc(-c2cccc(Cl)n2)c1. The summed E-state index contributed by atoms with van der Waals surface area (Å²) in [5.41, 5.74) is 1.34. The lowest BCUT2D eigenvalue weighted by atomic mass is 10.1. The summed E-state index contributed by atoms with van der Waals surface area (Å²) >= 11 is 5.75. The summed E-state index contributed by atoms with van der Waals surface area (Å²) in [6.07, 6.45) is 0. The fourth-order valence-corrected chi connectivity index (χ4v) is 1.51. The molecule has 0 saturated carbocycles. The van der Waals surface area contributed by atoms with Crippen molar-refractivity contribution in [1.82, 2.24) is 4.98 Å². The van der Waals surface area contributed by atoms with E-state index in [4.69, 9.17) is 11.6 Å². The van der Waals surface area contributed by atoms with Gasteiger partial charge in [-0.2, -0.15) is 0 Å². The number of non-ortho nitro benzene ring substituents is 1. The first-order valence-corrected chi connectivity index (χ1v) is 4.92. The number of hydrogen-bond acceptors (Lipinski definition) is 3. The van der Waals surface area contributed by atoms with Crippen LogP contribution in [0.5, 0.6) is 0 Å². The van der Waals surface area contributed by atoms with Crippen LogP contribution in [-0.4, -0.2) is 9.91 Å². The van der Waals surface area contributed by atoms with E-state index in [-0.39, 0.29) is 5.69 Å². The van der Waals surface area contributed by atoms with Crippen LogP contribution in [-0.2, 0) is 0 Å². The Balaban J connectivity index is 2.48. The Morgan fingerprint density at radius 2 is 1.94 bits per heavy atom. The largest absolute Gasteiger partial charge is 0.270 e. The van der Waals surface area contributed by atoms with Crippen molar-refractivity contribution < 1.29 is 4.92 Å². The monoisotopic (exact) mass is 234 g/mol. The maximum atomic E-state index is 10.6. The van der Waals surface area contributed by atoms with E-state index in [2.05, 4.69) is 4.98 Å². The van der Waals surface area contributed by atoms with Gasteiger partial charge in [0.2, 0.25) is 0 Å². The van der Waals surface area contributed by atoms with Gasteiger partial charge in [-0.1, -0.05) is 29.8 Å². The first kappa shape index (κ1) is 10.6. The molecule has 0 unspecified atom stereocenters. The third-order valence-corrected chi connectivity index (χ3v) is 2.28. The molecule has 1 aromatic heterocycles. The molecule has 0 aliphatic carbocycles. The second-order valence-corrected chi connectivity index (χ2v) is 3.54. The van der Waals surface area contributed by atoms with Gasteiger partial charge in [0.05, 0.1) is 10.6 Å². The topological polar surface area (TPSA) is 56.0 Å². The Bertz CT molecular complexity index is 543. The zero-order valence-corrected chi connectivity index (χ0v) is 8.89. The highest BCUT2D eigenvalue weighted by molar-refractivity contribution is 6.29. The molecule has 5 heteroatoms. The fourth-order valence-electron chi connectivity index (χ4n) is 1.35. The number of pyridine rings is 1. The number of rotatable bonds is 2. The van der Waals surface area contributed by atoms with Gasteiger partial charge in [-0.05, 0) is 12.1 Å². The molecule has 0 aliphatic heterocycles. The molecule has 4 nitrogen and oxygen atoms in total. The lowest BCUT2D eigenvalue weighted by Gasteiger charge is -2.00. The Labute approximate surface area is 96.7 Å². The van der Waals surface area contributed by atoms with E-state index in [0.717, 1.165) is 0 Å². The van der Waals surface area contributed by atoms with Gasteiger partial charge in [0.15, 0.2) is 0 Å². The van der Waals surface area contributed by atoms with Gasteiger partial charge in [0.1, 0.15) is 5.15 Å². The van der Waals surface area contributed by atoms with Crippen molar-refractivity contribution in [1.29, 1.82) is 0 Å². The van der Waals surface area contributed by atoms with Crippen molar-refractivity contribution in [2.45, 2.75) is 0 Å². The first-order valence-electron chi connectivity index (χ1n) is 4.54. The van der Waals surface area contributed by atoms with Crippen LogP contribution in [0.3, 0.4) is 0 Å². The number of hydrogen-bond donors (Lipinski definition) is 0. The lowest BCUT2D eigenvalue weighted by Crippen LogP contribution is -1.89. The number of aromatic nitrogens is 1. The summed E-state index contributed by atoms with van der Waals surface area (Å²) in [4.78, 5) is 14.3. The molecule has 0 fully saturated rings.